The Labute approximate surface area is 164 Å². The van der Waals surface area contributed by atoms with Crippen LogP contribution in [-0.2, 0) is 26.3 Å². The van der Waals surface area contributed by atoms with E-state index in [1.54, 1.807) is 4.90 Å². The number of carbonyl (C=O) groups is 2. The number of nitrogens with zero attached hydrogens (tertiary/aromatic N) is 3. The van der Waals surface area contributed by atoms with E-state index in [9.17, 15) is 9.59 Å². The topological polar surface area (TPSA) is 84.4 Å². The highest BCUT2D eigenvalue weighted by atomic mass is 16.5. The molecule has 7 nitrogen and oxygen atoms in total. The Morgan fingerprint density at radius 3 is 2.79 bits per heavy atom. The van der Waals surface area contributed by atoms with E-state index >= 15 is 0 Å². The molecule has 2 aliphatic rings. The van der Waals surface area contributed by atoms with E-state index in [2.05, 4.69) is 5.32 Å². The molecule has 4 rings (SSSR count). The van der Waals surface area contributed by atoms with Gasteiger partial charge in [-0.15, -0.1) is 0 Å². The highest BCUT2D eigenvalue weighted by Gasteiger charge is 2.46. The average Bonchev–Trinajstić information content (AvgIpc) is 3.12. The minimum atomic E-state index is -0.323. The molecule has 0 saturated carbocycles. The van der Waals surface area contributed by atoms with E-state index in [4.69, 9.17) is 14.7 Å². The number of rotatable bonds is 3. The monoisotopic (exact) mass is 380 g/mol. The van der Waals surface area contributed by atoms with Gasteiger partial charge in [-0.3, -0.25) is 9.59 Å². The van der Waals surface area contributed by atoms with Crippen molar-refractivity contribution in [1.29, 1.82) is 0 Å². The zero-order chi connectivity index (χ0) is 19.7. The summed E-state index contributed by atoms with van der Waals surface area (Å²) in [6.07, 6.45) is 0.788. The third-order valence-corrected chi connectivity index (χ3v) is 5.57. The molecule has 1 spiro atoms. The van der Waals surface area contributed by atoms with Gasteiger partial charge in [-0.05, 0) is 13.3 Å². The normalized spacial score (nSPS) is 20.9. The van der Waals surface area contributed by atoms with E-state index in [0.717, 1.165) is 28.9 Å². The van der Waals surface area contributed by atoms with Gasteiger partial charge in [0.05, 0.1) is 30.9 Å². The molecule has 1 fully saturated rings. The Hall–Kier alpha value is -2.80. The number of aryl methyl sites for hydroxylation is 1. The molecule has 2 aliphatic heterocycles. The summed E-state index contributed by atoms with van der Waals surface area (Å²) in [4.78, 5) is 35.0. The number of ether oxygens (including phenoxy) is 1. The van der Waals surface area contributed by atoms with Crippen molar-refractivity contribution in [3.63, 3.8) is 0 Å². The second-order valence-corrected chi connectivity index (χ2v) is 7.57. The summed E-state index contributed by atoms with van der Waals surface area (Å²) in [6.45, 7) is 5.64. The van der Waals surface area contributed by atoms with Crippen molar-refractivity contribution < 1.29 is 14.3 Å². The molecule has 1 atom stereocenters. The standard InChI is InChI=1S/C21H24N4O3/c1-14-17-11-28-13-21(8-9-25(12-21)18(27)10-22-15(2)26)19(17)24-20(23-14)16-6-4-3-5-7-16/h3-7H,8-13H2,1-2H3,(H,22,26)/t21-/m1/s1. The van der Waals surface area contributed by atoms with E-state index in [1.807, 2.05) is 37.3 Å². The predicted molar refractivity (Wildman–Crippen MR) is 103 cm³/mol. The lowest BCUT2D eigenvalue weighted by molar-refractivity contribution is -0.131. The van der Waals surface area contributed by atoms with Gasteiger partial charge in [-0.25, -0.2) is 9.97 Å². The molecule has 1 saturated heterocycles. The predicted octanol–water partition coefficient (Wildman–Crippen LogP) is 1.59. The molecular weight excluding hydrogens is 356 g/mol. The molecule has 1 N–H and O–H groups in total. The first-order valence-electron chi connectivity index (χ1n) is 9.52. The Morgan fingerprint density at radius 2 is 2.04 bits per heavy atom. The number of amides is 2. The fourth-order valence-electron chi connectivity index (χ4n) is 4.05. The van der Waals surface area contributed by atoms with Gasteiger partial charge >= 0.3 is 0 Å². The Bertz CT molecular complexity index is 915. The van der Waals surface area contributed by atoms with Crippen LogP contribution in [-0.4, -0.2) is 52.9 Å². The molecule has 28 heavy (non-hydrogen) atoms. The smallest absolute Gasteiger partial charge is 0.241 e. The van der Waals surface area contributed by atoms with Gasteiger partial charge in [0.25, 0.3) is 0 Å². The third-order valence-electron chi connectivity index (χ3n) is 5.57. The van der Waals surface area contributed by atoms with Gasteiger partial charge in [-0.2, -0.15) is 0 Å². The molecule has 146 valence electrons. The zero-order valence-corrected chi connectivity index (χ0v) is 16.2. The van der Waals surface area contributed by atoms with Crippen LogP contribution in [0.15, 0.2) is 30.3 Å². The molecule has 0 unspecified atom stereocenters. The van der Waals surface area contributed by atoms with Crippen LogP contribution >= 0.6 is 0 Å². The van der Waals surface area contributed by atoms with Gasteiger partial charge in [0, 0.05) is 36.8 Å². The number of hydrogen-bond donors (Lipinski definition) is 1. The van der Waals surface area contributed by atoms with E-state index in [1.165, 1.54) is 6.92 Å². The Balaban J connectivity index is 1.66. The minimum absolute atomic E-state index is 0.0250. The van der Waals surface area contributed by atoms with Crippen LogP contribution in [0.4, 0.5) is 0 Å². The number of carbonyl (C=O) groups excluding carboxylic acids is 2. The highest BCUT2D eigenvalue weighted by molar-refractivity contribution is 5.84. The summed E-state index contributed by atoms with van der Waals surface area (Å²) in [5, 5.41) is 2.59. The molecule has 0 aliphatic carbocycles. The lowest BCUT2D eigenvalue weighted by atomic mass is 9.80. The summed E-state index contributed by atoms with van der Waals surface area (Å²) in [6, 6.07) is 9.93. The van der Waals surface area contributed by atoms with Gasteiger partial charge in [0.15, 0.2) is 5.82 Å². The Morgan fingerprint density at radius 1 is 1.25 bits per heavy atom. The molecule has 2 aromatic rings. The van der Waals surface area contributed by atoms with Crippen molar-refractivity contribution in [3.05, 3.63) is 47.3 Å². The maximum atomic E-state index is 12.5. The first-order chi connectivity index (χ1) is 13.5. The van der Waals surface area contributed by atoms with Crippen LogP contribution in [0, 0.1) is 6.92 Å². The lowest BCUT2D eigenvalue weighted by Crippen LogP contribution is -2.44. The van der Waals surface area contributed by atoms with Crippen LogP contribution < -0.4 is 5.32 Å². The van der Waals surface area contributed by atoms with Crippen LogP contribution in [0.3, 0.4) is 0 Å². The van der Waals surface area contributed by atoms with E-state index < -0.39 is 0 Å². The number of fused-ring (bicyclic) bond motifs is 2. The van der Waals surface area contributed by atoms with E-state index in [-0.39, 0.29) is 23.8 Å². The van der Waals surface area contributed by atoms with Crippen LogP contribution in [0.2, 0.25) is 0 Å². The van der Waals surface area contributed by atoms with Crippen molar-refractivity contribution in [2.75, 3.05) is 26.2 Å². The van der Waals surface area contributed by atoms with Gasteiger partial charge in [0.1, 0.15) is 0 Å². The average molecular weight is 380 g/mol. The van der Waals surface area contributed by atoms with Gasteiger partial charge < -0.3 is 15.0 Å². The first kappa shape index (κ1) is 18.6. The summed E-state index contributed by atoms with van der Waals surface area (Å²) < 4.78 is 5.90. The third kappa shape index (κ3) is 3.38. The van der Waals surface area contributed by atoms with Crippen molar-refractivity contribution in [2.24, 2.45) is 0 Å². The number of aromatic nitrogens is 2. The number of likely N-dealkylation sites (tertiary alicyclic amines) is 1. The molecule has 0 radical (unpaired) electrons. The van der Waals surface area contributed by atoms with Crippen molar-refractivity contribution >= 4 is 11.8 Å². The van der Waals surface area contributed by atoms with Crippen molar-refractivity contribution in [2.45, 2.75) is 32.3 Å². The number of nitrogens with one attached hydrogen (secondary N) is 1. The van der Waals surface area contributed by atoms with Crippen molar-refractivity contribution in [3.8, 4) is 11.4 Å². The molecule has 1 aromatic carbocycles. The molecule has 2 amide bonds. The van der Waals surface area contributed by atoms with E-state index in [0.29, 0.717) is 32.1 Å². The van der Waals surface area contributed by atoms with Gasteiger partial charge in [0.2, 0.25) is 11.8 Å². The maximum Gasteiger partial charge on any atom is 0.241 e. The molecule has 7 heteroatoms. The second kappa shape index (κ2) is 7.31. The highest BCUT2D eigenvalue weighted by Crippen LogP contribution is 2.40. The minimum Gasteiger partial charge on any atom is -0.376 e. The zero-order valence-electron chi connectivity index (χ0n) is 16.2. The number of hydrogen-bond acceptors (Lipinski definition) is 5. The molecule has 3 heterocycles. The second-order valence-electron chi connectivity index (χ2n) is 7.57. The SMILES string of the molecule is CC(=O)NCC(=O)N1CC[C@]2(COCc3c(C)nc(-c4ccccc4)nc32)C1. The van der Waals surface area contributed by atoms with Gasteiger partial charge in [-0.1, -0.05) is 30.3 Å². The molecule has 0 bridgehead atoms. The quantitative estimate of drug-likeness (QED) is 0.874. The van der Waals surface area contributed by atoms with Crippen LogP contribution in [0.5, 0.6) is 0 Å². The fraction of sp³-hybridized carbons (Fsp3) is 0.429. The first-order valence-corrected chi connectivity index (χ1v) is 9.52. The maximum absolute atomic E-state index is 12.5. The summed E-state index contributed by atoms with van der Waals surface area (Å²) in [5.74, 6) is 0.430. The van der Waals surface area contributed by atoms with Crippen LogP contribution in [0.25, 0.3) is 11.4 Å². The summed E-state index contributed by atoms with van der Waals surface area (Å²) >= 11 is 0. The van der Waals surface area contributed by atoms with Crippen LogP contribution in [0.1, 0.15) is 30.3 Å². The molecular formula is C21H24N4O3. The summed E-state index contributed by atoms with van der Waals surface area (Å²) in [7, 11) is 0. The fourth-order valence-corrected chi connectivity index (χ4v) is 4.05. The number of benzene rings is 1. The lowest BCUT2D eigenvalue weighted by Gasteiger charge is -2.35. The summed E-state index contributed by atoms with van der Waals surface area (Å²) in [5.41, 5.74) is 3.61. The Kier molecular flexibility index (Phi) is 4.85. The largest absolute Gasteiger partial charge is 0.376 e. The van der Waals surface area contributed by atoms with Crippen molar-refractivity contribution in [1.82, 2.24) is 20.2 Å². The molecule has 1 aromatic heterocycles.